The summed E-state index contributed by atoms with van der Waals surface area (Å²) in [5, 5.41) is 0. The van der Waals surface area contributed by atoms with Gasteiger partial charge in [-0.05, 0) is 19.1 Å². The molecule has 0 bridgehead atoms. The molecule has 2 aromatic rings. The van der Waals surface area contributed by atoms with Crippen molar-refractivity contribution in [1.29, 1.82) is 0 Å². The minimum Gasteiger partial charge on any atom is -0.324 e. The molecule has 1 heterocycles. The maximum absolute atomic E-state index is 13.1. The van der Waals surface area contributed by atoms with Crippen molar-refractivity contribution < 1.29 is 17.6 Å². The number of hydrogen-bond donors (Lipinski definition) is 0. The summed E-state index contributed by atoms with van der Waals surface area (Å²) in [5.41, 5.74) is 0.762. The van der Waals surface area contributed by atoms with Crippen molar-refractivity contribution in [3.8, 4) is 0 Å². The largest absolute Gasteiger partial charge is 0.391 e. The fourth-order valence-corrected chi connectivity index (χ4v) is 2.32. The predicted molar refractivity (Wildman–Crippen MR) is 64.6 cm³/mol. The van der Waals surface area contributed by atoms with E-state index in [2.05, 4.69) is 4.98 Å². The van der Waals surface area contributed by atoms with Crippen LogP contribution in [0.4, 0.5) is 17.6 Å². The summed E-state index contributed by atoms with van der Waals surface area (Å²) < 4.78 is 51.9. The van der Waals surface area contributed by atoms with Crippen molar-refractivity contribution in [2.24, 2.45) is 0 Å². The van der Waals surface area contributed by atoms with Crippen LogP contribution in [0.2, 0.25) is 0 Å². The molecular weight excluding hydrogens is 284 g/mol. The number of benzene rings is 1. The first-order chi connectivity index (χ1) is 8.81. The van der Waals surface area contributed by atoms with E-state index in [1.165, 1.54) is 29.7 Å². The van der Waals surface area contributed by atoms with E-state index in [9.17, 15) is 17.6 Å². The second-order valence-corrected chi connectivity index (χ2v) is 4.60. The summed E-state index contributed by atoms with van der Waals surface area (Å²) in [6.45, 7) is 1.44. The van der Waals surface area contributed by atoms with E-state index in [1.54, 1.807) is 0 Å². The van der Waals surface area contributed by atoms with Crippen molar-refractivity contribution in [2.45, 2.75) is 31.4 Å². The van der Waals surface area contributed by atoms with Crippen molar-refractivity contribution >= 4 is 22.6 Å². The van der Waals surface area contributed by atoms with Crippen LogP contribution in [0.1, 0.15) is 25.2 Å². The Balaban J connectivity index is 2.51. The van der Waals surface area contributed by atoms with Crippen LogP contribution in [0.15, 0.2) is 18.2 Å². The average Bonchev–Trinajstić information content (AvgIpc) is 2.63. The number of halogens is 5. The van der Waals surface area contributed by atoms with Gasteiger partial charge in [0.25, 0.3) is 0 Å². The van der Waals surface area contributed by atoms with Gasteiger partial charge in [0, 0.05) is 12.1 Å². The van der Waals surface area contributed by atoms with Crippen LogP contribution in [0, 0.1) is 5.82 Å². The molecule has 7 heteroatoms. The summed E-state index contributed by atoms with van der Waals surface area (Å²) in [4.78, 5) is 4.07. The van der Waals surface area contributed by atoms with Crippen LogP contribution >= 0.6 is 11.6 Å². The van der Waals surface area contributed by atoms with Crippen LogP contribution in [0.25, 0.3) is 11.0 Å². The topological polar surface area (TPSA) is 17.8 Å². The van der Waals surface area contributed by atoms with Gasteiger partial charge in [-0.25, -0.2) is 9.37 Å². The molecule has 0 saturated carbocycles. The lowest BCUT2D eigenvalue weighted by Gasteiger charge is -2.18. The van der Waals surface area contributed by atoms with Crippen molar-refractivity contribution in [2.75, 3.05) is 0 Å². The monoisotopic (exact) mass is 294 g/mol. The Labute approximate surface area is 112 Å². The number of aromatic nitrogens is 2. The van der Waals surface area contributed by atoms with Gasteiger partial charge in [-0.3, -0.25) is 0 Å². The van der Waals surface area contributed by atoms with Gasteiger partial charge in [-0.15, -0.1) is 11.6 Å². The normalized spacial score (nSPS) is 14.0. The van der Waals surface area contributed by atoms with Gasteiger partial charge >= 0.3 is 6.18 Å². The Hall–Kier alpha value is -1.30. The Morgan fingerprint density at radius 1 is 1.37 bits per heavy atom. The van der Waals surface area contributed by atoms with Gasteiger partial charge in [0.1, 0.15) is 11.6 Å². The Bertz CT molecular complexity index is 591. The Morgan fingerprint density at radius 3 is 2.63 bits per heavy atom. The molecule has 1 aromatic carbocycles. The van der Waals surface area contributed by atoms with Gasteiger partial charge < -0.3 is 4.57 Å². The molecule has 1 atom stereocenters. The van der Waals surface area contributed by atoms with Crippen LogP contribution in [0.5, 0.6) is 0 Å². The first kappa shape index (κ1) is 14.1. The SMILES string of the molecule is CC(CC(F)(F)F)n1c(CCl)nc2cc(F)ccc21. The van der Waals surface area contributed by atoms with E-state index in [4.69, 9.17) is 11.6 Å². The second-order valence-electron chi connectivity index (χ2n) is 4.33. The molecule has 0 aliphatic rings. The maximum atomic E-state index is 13.1. The number of imidazole rings is 1. The molecule has 0 radical (unpaired) electrons. The molecule has 0 saturated heterocycles. The van der Waals surface area contributed by atoms with Crippen LogP contribution < -0.4 is 0 Å². The molecule has 104 valence electrons. The molecule has 1 unspecified atom stereocenters. The molecule has 0 aliphatic carbocycles. The van der Waals surface area contributed by atoms with Gasteiger partial charge in [0.15, 0.2) is 0 Å². The lowest BCUT2D eigenvalue weighted by Crippen LogP contribution is -2.17. The molecule has 2 rings (SSSR count). The van der Waals surface area contributed by atoms with Gasteiger partial charge in [0.05, 0.1) is 23.3 Å². The van der Waals surface area contributed by atoms with Crippen molar-refractivity contribution in [3.63, 3.8) is 0 Å². The number of alkyl halides is 4. The third kappa shape index (κ3) is 3.00. The summed E-state index contributed by atoms with van der Waals surface area (Å²) in [6, 6.07) is 2.95. The van der Waals surface area contributed by atoms with Crippen LogP contribution in [-0.4, -0.2) is 15.7 Å². The standard InChI is InChI=1S/C12H11ClF4N2/c1-7(5-12(15,16)17)19-10-3-2-8(14)4-9(10)18-11(19)6-13/h2-4,7H,5-6H2,1H3. The lowest BCUT2D eigenvalue weighted by molar-refractivity contribution is -0.141. The number of rotatable bonds is 3. The van der Waals surface area contributed by atoms with Gasteiger partial charge in [0.2, 0.25) is 0 Å². The highest BCUT2D eigenvalue weighted by Gasteiger charge is 2.32. The highest BCUT2D eigenvalue weighted by atomic mass is 35.5. The van der Waals surface area contributed by atoms with E-state index in [1.807, 2.05) is 0 Å². The Morgan fingerprint density at radius 2 is 2.05 bits per heavy atom. The first-order valence-electron chi connectivity index (χ1n) is 5.61. The molecule has 0 aliphatic heterocycles. The molecule has 0 N–H and O–H groups in total. The predicted octanol–water partition coefficient (Wildman–Crippen LogP) is 4.43. The van der Waals surface area contributed by atoms with Crippen molar-refractivity contribution in [3.05, 3.63) is 29.8 Å². The van der Waals surface area contributed by atoms with E-state index in [-0.39, 0.29) is 5.88 Å². The third-order valence-electron chi connectivity index (χ3n) is 2.81. The number of fused-ring (bicyclic) bond motifs is 1. The maximum Gasteiger partial charge on any atom is 0.391 e. The minimum absolute atomic E-state index is 0.0293. The fourth-order valence-electron chi connectivity index (χ4n) is 2.13. The highest BCUT2D eigenvalue weighted by Crippen LogP contribution is 2.31. The lowest BCUT2D eigenvalue weighted by atomic mass is 10.2. The molecule has 0 spiro atoms. The molecule has 0 amide bonds. The zero-order valence-electron chi connectivity index (χ0n) is 10.0. The fraction of sp³-hybridized carbons (Fsp3) is 0.417. The van der Waals surface area contributed by atoms with Crippen LogP contribution in [0.3, 0.4) is 0 Å². The van der Waals surface area contributed by atoms with E-state index in [0.29, 0.717) is 16.9 Å². The zero-order valence-corrected chi connectivity index (χ0v) is 10.8. The summed E-state index contributed by atoms with van der Waals surface area (Å²) in [5.74, 6) is -0.209. The summed E-state index contributed by atoms with van der Waals surface area (Å²) >= 11 is 5.70. The average molecular weight is 295 g/mol. The van der Waals surface area contributed by atoms with Gasteiger partial charge in [-0.2, -0.15) is 13.2 Å². The molecule has 0 fully saturated rings. The highest BCUT2D eigenvalue weighted by molar-refractivity contribution is 6.16. The smallest absolute Gasteiger partial charge is 0.324 e. The number of nitrogens with zero attached hydrogens (tertiary/aromatic N) is 2. The van der Waals surface area contributed by atoms with Crippen molar-refractivity contribution in [1.82, 2.24) is 9.55 Å². The molecule has 1 aromatic heterocycles. The Kier molecular flexibility index (Phi) is 3.71. The van der Waals surface area contributed by atoms with E-state index in [0.717, 1.165) is 0 Å². The minimum atomic E-state index is -4.28. The third-order valence-corrected chi connectivity index (χ3v) is 3.05. The molecular formula is C12H11ClF4N2. The molecule has 19 heavy (non-hydrogen) atoms. The van der Waals surface area contributed by atoms with E-state index >= 15 is 0 Å². The second kappa shape index (κ2) is 5.00. The quantitative estimate of drug-likeness (QED) is 0.605. The van der Waals surface area contributed by atoms with Gasteiger partial charge in [-0.1, -0.05) is 0 Å². The zero-order chi connectivity index (χ0) is 14.2. The summed E-state index contributed by atoms with van der Waals surface area (Å²) in [7, 11) is 0. The molecule has 2 nitrogen and oxygen atoms in total. The van der Waals surface area contributed by atoms with Crippen LogP contribution in [-0.2, 0) is 5.88 Å². The number of hydrogen-bond acceptors (Lipinski definition) is 1. The first-order valence-corrected chi connectivity index (χ1v) is 6.14. The summed E-state index contributed by atoms with van der Waals surface area (Å²) in [6.07, 6.45) is -5.26. The van der Waals surface area contributed by atoms with E-state index < -0.39 is 24.5 Å².